The SMILES string of the molecule is CCc1c(C(=O)N/N=C/c2cc(Br)ccc2O)nnn1-c1nonc1N. The third-order valence-corrected chi connectivity index (χ3v) is 3.86. The summed E-state index contributed by atoms with van der Waals surface area (Å²) in [5.41, 5.74) is 8.94. The van der Waals surface area contributed by atoms with Crippen LogP contribution < -0.4 is 11.2 Å². The first kappa shape index (κ1) is 17.5. The van der Waals surface area contributed by atoms with Crippen molar-refractivity contribution in [1.82, 2.24) is 30.7 Å². The number of amides is 1. The van der Waals surface area contributed by atoms with Crippen LogP contribution in [0.4, 0.5) is 5.82 Å². The van der Waals surface area contributed by atoms with Crippen LogP contribution in [0.1, 0.15) is 28.7 Å². The molecule has 4 N–H and O–H groups in total. The van der Waals surface area contributed by atoms with Crippen LogP contribution in [0.25, 0.3) is 5.82 Å². The number of rotatable bonds is 5. The number of hydrogen-bond acceptors (Lipinski definition) is 9. The Morgan fingerprint density at radius 3 is 3.00 bits per heavy atom. The van der Waals surface area contributed by atoms with Gasteiger partial charge in [-0.05, 0) is 34.9 Å². The minimum absolute atomic E-state index is 0.0275. The van der Waals surface area contributed by atoms with Gasteiger partial charge >= 0.3 is 0 Å². The summed E-state index contributed by atoms with van der Waals surface area (Å²) in [6, 6.07) is 4.84. The van der Waals surface area contributed by atoms with Crippen LogP contribution in [0.15, 0.2) is 32.4 Å². The zero-order valence-corrected chi connectivity index (χ0v) is 15.0. The summed E-state index contributed by atoms with van der Waals surface area (Å²) in [5.74, 6) is -0.370. The topological polar surface area (TPSA) is 157 Å². The minimum Gasteiger partial charge on any atom is -0.507 e. The number of benzene rings is 1. The fourth-order valence-electron chi connectivity index (χ4n) is 2.15. The smallest absolute Gasteiger partial charge is 0.293 e. The highest BCUT2D eigenvalue weighted by molar-refractivity contribution is 9.10. The molecule has 1 aromatic carbocycles. The van der Waals surface area contributed by atoms with E-state index in [1.165, 1.54) is 17.0 Å². The minimum atomic E-state index is -0.575. The second-order valence-corrected chi connectivity index (χ2v) is 5.94. The number of phenolic OH excluding ortho intramolecular Hbond substituents is 1. The molecule has 0 aliphatic rings. The van der Waals surface area contributed by atoms with Crippen molar-refractivity contribution in [3.63, 3.8) is 0 Å². The van der Waals surface area contributed by atoms with Crippen LogP contribution in [0.5, 0.6) is 5.75 Å². The molecule has 134 valence electrons. The lowest BCUT2D eigenvalue weighted by Crippen LogP contribution is -2.20. The maximum Gasteiger partial charge on any atom is 0.293 e. The summed E-state index contributed by atoms with van der Waals surface area (Å²) < 4.78 is 6.58. The predicted octanol–water partition coefficient (Wildman–Crippen LogP) is 1.03. The molecule has 0 atom stereocenters. The fraction of sp³-hybridized carbons (Fsp3) is 0.143. The molecule has 2 aromatic heterocycles. The molecule has 0 radical (unpaired) electrons. The lowest BCUT2D eigenvalue weighted by atomic mass is 10.2. The molecule has 3 aromatic rings. The van der Waals surface area contributed by atoms with Gasteiger partial charge in [-0.25, -0.2) is 10.1 Å². The molecular formula is C14H13BrN8O3. The van der Waals surface area contributed by atoms with Gasteiger partial charge in [0.25, 0.3) is 5.91 Å². The van der Waals surface area contributed by atoms with Gasteiger partial charge in [-0.3, -0.25) is 4.79 Å². The lowest BCUT2D eigenvalue weighted by Gasteiger charge is -2.02. The fourth-order valence-corrected chi connectivity index (χ4v) is 2.52. The molecule has 12 heteroatoms. The molecule has 0 aliphatic carbocycles. The average molecular weight is 421 g/mol. The van der Waals surface area contributed by atoms with Gasteiger partial charge in [0.2, 0.25) is 11.6 Å². The summed E-state index contributed by atoms with van der Waals surface area (Å²) in [7, 11) is 0. The third-order valence-electron chi connectivity index (χ3n) is 3.37. The first-order valence-corrected chi connectivity index (χ1v) is 8.15. The van der Waals surface area contributed by atoms with Crippen LogP contribution in [-0.2, 0) is 6.42 Å². The highest BCUT2D eigenvalue weighted by atomic mass is 79.9. The molecule has 0 aliphatic heterocycles. The average Bonchev–Trinajstić information content (AvgIpc) is 3.23. The Morgan fingerprint density at radius 2 is 2.31 bits per heavy atom. The number of hydrogen-bond donors (Lipinski definition) is 3. The van der Waals surface area contributed by atoms with Crippen LogP contribution in [0.3, 0.4) is 0 Å². The number of halogens is 1. The number of carbonyl (C=O) groups excluding carboxylic acids is 1. The van der Waals surface area contributed by atoms with Crippen molar-refractivity contribution in [3.05, 3.63) is 39.6 Å². The third kappa shape index (κ3) is 3.39. The maximum absolute atomic E-state index is 12.3. The zero-order valence-electron chi connectivity index (χ0n) is 13.4. The summed E-state index contributed by atoms with van der Waals surface area (Å²) in [4.78, 5) is 12.3. The monoisotopic (exact) mass is 420 g/mol. The van der Waals surface area contributed by atoms with E-state index >= 15 is 0 Å². The Balaban J connectivity index is 1.80. The largest absolute Gasteiger partial charge is 0.507 e. The van der Waals surface area contributed by atoms with Gasteiger partial charge in [0.05, 0.1) is 11.9 Å². The van der Waals surface area contributed by atoms with Gasteiger partial charge in [0.1, 0.15) is 5.75 Å². The van der Waals surface area contributed by atoms with Gasteiger partial charge in [0, 0.05) is 10.0 Å². The first-order chi connectivity index (χ1) is 12.5. The second-order valence-electron chi connectivity index (χ2n) is 5.03. The number of carbonyl (C=O) groups is 1. The van der Waals surface area contributed by atoms with Crippen molar-refractivity contribution in [1.29, 1.82) is 0 Å². The summed E-state index contributed by atoms with van der Waals surface area (Å²) >= 11 is 3.29. The molecule has 0 saturated carbocycles. The van der Waals surface area contributed by atoms with Crippen molar-refractivity contribution in [2.45, 2.75) is 13.3 Å². The lowest BCUT2D eigenvalue weighted by molar-refractivity contribution is 0.0949. The van der Waals surface area contributed by atoms with Crippen molar-refractivity contribution < 1.29 is 14.5 Å². The Labute approximate surface area is 155 Å². The molecule has 0 unspecified atom stereocenters. The van der Waals surface area contributed by atoms with E-state index in [0.29, 0.717) is 17.7 Å². The highest BCUT2D eigenvalue weighted by Crippen LogP contribution is 2.20. The van der Waals surface area contributed by atoms with E-state index in [0.717, 1.165) is 4.47 Å². The van der Waals surface area contributed by atoms with E-state index in [9.17, 15) is 9.90 Å². The number of nitrogens with one attached hydrogen (secondary N) is 1. The molecule has 26 heavy (non-hydrogen) atoms. The van der Waals surface area contributed by atoms with Crippen LogP contribution in [0, 0.1) is 0 Å². The van der Waals surface area contributed by atoms with E-state index < -0.39 is 5.91 Å². The number of nitrogen functional groups attached to an aromatic ring is 1. The Kier molecular flexibility index (Phi) is 4.93. The Hall–Kier alpha value is -3.28. The summed E-state index contributed by atoms with van der Waals surface area (Å²) in [6.07, 6.45) is 1.74. The van der Waals surface area contributed by atoms with E-state index in [1.54, 1.807) is 12.1 Å². The molecule has 11 nitrogen and oxygen atoms in total. The van der Waals surface area contributed by atoms with Gasteiger partial charge in [-0.2, -0.15) is 9.78 Å². The van der Waals surface area contributed by atoms with Crippen molar-refractivity contribution in [2.75, 3.05) is 5.73 Å². The van der Waals surface area contributed by atoms with Gasteiger partial charge in [-0.1, -0.05) is 28.1 Å². The Bertz CT molecular complexity index is 980. The van der Waals surface area contributed by atoms with Crippen LogP contribution in [-0.4, -0.2) is 42.5 Å². The second kappa shape index (κ2) is 7.31. The highest BCUT2D eigenvalue weighted by Gasteiger charge is 2.22. The number of nitrogens with zero attached hydrogens (tertiary/aromatic N) is 6. The molecule has 0 fully saturated rings. The quantitative estimate of drug-likeness (QED) is 0.407. The number of aromatic hydroxyl groups is 1. The van der Waals surface area contributed by atoms with Crippen LogP contribution >= 0.6 is 15.9 Å². The van der Waals surface area contributed by atoms with Crippen molar-refractivity contribution in [2.24, 2.45) is 5.10 Å². The molecule has 0 bridgehead atoms. The molecule has 0 spiro atoms. The summed E-state index contributed by atoms with van der Waals surface area (Å²) in [6.45, 7) is 1.82. The molecule has 1 amide bonds. The molecule has 3 rings (SSSR count). The van der Waals surface area contributed by atoms with Gasteiger partial charge in [0.15, 0.2) is 5.69 Å². The van der Waals surface area contributed by atoms with E-state index in [1.807, 2.05) is 6.92 Å². The number of aromatic nitrogens is 5. The molecule has 0 saturated heterocycles. The van der Waals surface area contributed by atoms with Crippen molar-refractivity contribution >= 4 is 33.9 Å². The number of phenols is 1. The first-order valence-electron chi connectivity index (χ1n) is 7.36. The van der Waals surface area contributed by atoms with E-state index in [4.69, 9.17) is 5.73 Å². The zero-order chi connectivity index (χ0) is 18.7. The maximum atomic E-state index is 12.3. The van der Waals surface area contributed by atoms with E-state index in [-0.39, 0.29) is 23.1 Å². The van der Waals surface area contributed by atoms with E-state index in [2.05, 4.69) is 51.7 Å². The predicted molar refractivity (Wildman–Crippen MR) is 93.9 cm³/mol. The molecule has 2 heterocycles. The van der Waals surface area contributed by atoms with Gasteiger partial charge in [-0.15, -0.1) is 5.10 Å². The summed E-state index contributed by atoms with van der Waals surface area (Å²) in [5, 5.41) is 28.4. The van der Waals surface area contributed by atoms with Crippen LogP contribution in [0.2, 0.25) is 0 Å². The number of hydrazone groups is 1. The van der Waals surface area contributed by atoms with Gasteiger partial charge < -0.3 is 10.8 Å². The van der Waals surface area contributed by atoms with Crippen molar-refractivity contribution in [3.8, 4) is 11.6 Å². The standard InChI is InChI=1S/C14H13BrN8O3/c1-2-9-11(18-22-23(9)13-12(16)20-26-21-13)14(25)19-17-6-7-5-8(15)3-4-10(7)24/h3-6,24H,2H2,1H3,(H2,16,20)(H,19,25)/b17-6+. The Morgan fingerprint density at radius 1 is 1.50 bits per heavy atom. The molecular weight excluding hydrogens is 408 g/mol. The normalized spacial score (nSPS) is 11.2. The number of nitrogens with two attached hydrogens (primary N) is 1. The number of anilines is 1.